The van der Waals surface area contributed by atoms with Crippen LogP contribution in [-0.2, 0) is 10.0 Å². The molecule has 1 aromatic carbocycles. The molecule has 0 spiro atoms. The maximum Gasteiger partial charge on any atom is 0.271 e. The van der Waals surface area contributed by atoms with Crippen LogP contribution >= 0.6 is 11.6 Å². The number of rotatable bonds is 5. The first kappa shape index (κ1) is 17.7. The standard InChI is InChI=1S/C16H16ClN3O4S/c1-9-6-12(9)14-5-3-11(24-14)8-19-20-16(21)10-2-4-13(17)15(7-10)25(18,22)23/h2-5,7-9,12H,6H2,1H3,(H,20,21)(H2,18,22,23)/b19-8-/t9-,12+/m0/s1. The van der Waals surface area contributed by atoms with E-state index in [1.807, 2.05) is 6.07 Å². The topological polar surface area (TPSA) is 115 Å². The van der Waals surface area contributed by atoms with Crippen LogP contribution in [-0.4, -0.2) is 20.5 Å². The van der Waals surface area contributed by atoms with Crippen molar-refractivity contribution in [2.75, 3.05) is 0 Å². The Morgan fingerprint density at radius 1 is 1.40 bits per heavy atom. The van der Waals surface area contributed by atoms with E-state index in [0.29, 0.717) is 17.6 Å². The molecule has 25 heavy (non-hydrogen) atoms. The Morgan fingerprint density at radius 2 is 2.12 bits per heavy atom. The highest BCUT2D eigenvalue weighted by atomic mass is 35.5. The normalized spacial score (nSPS) is 20.0. The number of nitrogens with two attached hydrogens (primary N) is 1. The van der Waals surface area contributed by atoms with Gasteiger partial charge in [0.1, 0.15) is 16.4 Å². The zero-order chi connectivity index (χ0) is 18.2. The van der Waals surface area contributed by atoms with Crippen LogP contribution in [0.1, 0.15) is 41.1 Å². The van der Waals surface area contributed by atoms with Gasteiger partial charge in [-0.15, -0.1) is 0 Å². The van der Waals surface area contributed by atoms with Gasteiger partial charge < -0.3 is 4.42 Å². The summed E-state index contributed by atoms with van der Waals surface area (Å²) in [6, 6.07) is 7.44. The van der Waals surface area contributed by atoms with Crippen molar-refractivity contribution >= 4 is 33.7 Å². The van der Waals surface area contributed by atoms with Gasteiger partial charge in [0.15, 0.2) is 0 Å². The molecule has 2 aromatic rings. The summed E-state index contributed by atoms with van der Waals surface area (Å²) in [5.41, 5.74) is 2.37. The van der Waals surface area contributed by atoms with E-state index in [9.17, 15) is 13.2 Å². The predicted molar refractivity (Wildman–Crippen MR) is 93.1 cm³/mol. The quantitative estimate of drug-likeness (QED) is 0.611. The van der Waals surface area contributed by atoms with Gasteiger partial charge in [0.25, 0.3) is 5.91 Å². The Labute approximate surface area is 149 Å². The lowest BCUT2D eigenvalue weighted by Gasteiger charge is -2.04. The third-order valence-electron chi connectivity index (χ3n) is 3.98. The average Bonchev–Trinajstić information content (AvgIpc) is 3.07. The molecule has 7 nitrogen and oxygen atoms in total. The number of primary sulfonamides is 1. The molecule has 0 saturated heterocycles. The molecule has 1 saturated carbocycles. The third-order valence-corrected chi connectivity index (χ3v) is 5.37. The number of amides is 1. The van der Waals surface area contributed by atoms with Crippen LogP contribution < -0.4 is 10.6 Å². The lowest BCUT2D eigenvalue weighted by molar-refractivity contribution is 0.0955. The minimum Gasteiger partial charge on any atom is -0.460 e. The molecule has 132 valence electrons. The minimum atomic E-state index is -4.02. The summed E-state index contributed by atoms with van der Waals surface area (Å²) >= 11 is 5.78. The molecule has 0 radical (unpaired) electrons. The molecule has 0 bridgehead atoms. The van der Waals surface area contributed by atoms with E-state index in [4.69, 9.17) is 21.2 Å². The first-order valence-corrected chi connectivity index (χ1v) is 9.43. The summed E-state index contributed by atoms with van der Waals surface area (Å²) in [6.45, 7) is 2.16. The van der Waals surface area contributed by atoms with Gasteiger partial charge in [-0.25, -0.2) is 19.0 Å². The summed E-state index contributed by atoms with van der Waals surface area (Å²) in [5.74, 6) is 1.93. The van der Waals surface area contributed by atoms with E-state index in [1.165, 1.54) is 18.3 Å². The Balaban J connectivity index is 1.67. The molecule has 3 N–H and O–H groups in total. The molecule has 9 heteroatoms. The van der Waals surface area contributed by atoms with Crippen molar-refractivity contribution in [3.8, 4) is 0 Å². The zero-order valence-electron chi connectivity index (χ0n) is 13.3. The molecule has 0 aliphatic heterocycles. The van der Waals surface area contributed by atoms with E-state index in [0.717, 1.165) is 18.2 Å². The lowest BCUT2D eigenvalue weighted by atomic mass is 10.2. The molecular weight excluding hydrogens is 366 g/mol. The highest BCUT2D eigenvalue weighted by molar-refractivity contribution is 7.89. The fourth-order valence-corrected chi connectivity index (χ4v) is 3.51. The highest BCUT2D eigenvalue weighted by Gasteiger charge is 2.36. The second-order valence-corrected chi connectivity index (χ2v) is 7.89. The van der Waals surface area contributed by atoms with Gasteiger partial charge in [-0.3, -0.25) is 4.79 Å². The maximum atomic E-state index is 12.1. The van der Waals surface area contributed by atoms with E-state index in [1.54, 1.807) is 6.07 Å². The summed E-state index contributed by atoms with van der Waals surface area (Å²) in [6.07, 6.45) is 2.49. The SMILES string of the molecule is C[C@H]1C[C@H]1c1ccc(/C=N\NC(=O)c2ccc(Cl)c(S(N)(=O)=O)c2)o1. The number of nitrogens with zero attached hydrogens (tertiary/aromatic N) is 1. The summed E-state index contributed by atoms with van der Waals surface area (Å²) < 4.78 is 28.5. The monoisotopic (exact) mass is 381 g/mol. The van der Waals surface area contributed by atoms with Crippen molar-refractivity contribution in [1.82, 2.24) is 5.43 Å². The average molecular weight is 382 g/mol. The number of hydrogen-bond acceptors (Lipinski definition) is 5. The largest absolute Gasteiger partial charge is 0.460 e. The van der Waals surface area contributed by atoms with Gasteiger partial charge >= 0.3 is 0 Å². The van der Waals surface area contributed by atoms with Crippen molar-refractivity contribution < 1.29 is 17.6 Å². The van der Waals surface area contributed by atoms with Crippen LogP contribution in [0.4, 0.5) is 0 Å². The Morgan fingerprint density at radius 3 is 2.76 bits per heavy atom. The summed E-state index contributed by atoms with van der Waals surface area (Å²) in [7, 11) is -4.02. The molecule has 1 aromatic heterocycles. The Hall–Kier alpha value is -2.16. The third kappa shape index (κ3) is 4.09. The lowest BCUT2D eigenvalue weighted by Crippen LogP contribution is -2.19. The van der Waals surface area contributed by atoms with Gasteiger partial charge in [0.2, 0.25) is 10.0 Å². The van der Waals surface area contributed by atoms with Crippen molar-refractivity contribution in [2.24, 2.45) is 16.2 Å². The van der Waals surface area contributed by atoms with Crippen LogP contribution in [0, 0.1) is 5.92 Å². The molecular formula is C16H16ClN3O4S. The number of sulfonamides is 1. The minimum absolute atomic E-state index is 0.0556. The molecule has 1 heterocycles. The Bertz CT molecular complexity index is 952. The first-order valence-electron chi connectivity index (χ1n) is 7.51. The van der Waals surface area contributed by atoms with E-state index >= 15 is 0 Å². The zero-order valence-corrected chi connectivity index (χ0v) is 14.8. The molecule has 1 aliphatic rings. The fraction of sp³-hybridized carbons (Fsp3) is 0.250. The molecule has 3 rings (SSSR count). The second kappa shape index (κ2) is 6.62. The molecule has 2 atom stereocenters. The summed E-state index contributed by atoms with van der Waals surface area (Å²) in [5, 5.41) is 8.82. The van der Waals surface area contributed by atoms with E-state index in [2.05, 4.69) is 17.5 Å². The van der Waals surface area contributed by atoms with Gasteiger partial charge in [-0.05, 0) is 42.7 Å². The number of hydrogen-bond donors (Lipinski definition) is 2. The maximum absolute atomic E-state index is 12.1. The molecule has 1 fully saturated rings. The van der Waals surface area contributed by atoms with Gasteiger partial charge in [-0.1, -0.05) is 18.5 Å². The van der Waals surface area contributed by atoms with Crippen LogP contribution in [0.3, 0.4) is 0 Å². The van der Waals surface area contributed by atoms with Crippen molar-refractivity contribution in [3.05, 3.63) is 52.4 Å². The number of furan rings is 1. The number of hydrazone groups is 1. The molecule has 1 aliphatic carbocycles. The van der Waals surface area contributed by atoms with Crippen LogP contribution in [0.5, 0.6) is 0 Å². The summed E-state index contributed by atoms with van der Waals surface area (Å²) in [4.78, 5) is 11.7. The van der Waals surface area contributed by atoms with Gasteiger partial charge in [0, 0.05) is 11.5 Å². The second-order valence-electron chi connectivity index (χ2n) is 5.95. The van der Waals surface area contributed by atoms with Crippen LogP contribution in [0.25, 0.3) is 0 Å². The molecule has 1 amide bonds. The van der Waals surface area contributed by atoms with Crippen LogP contribution in [0.15, 0.2) is 44.7 Å². The van der Waals surface area contributed by atoms with Gasteiger partial charge in [0.05, 0.1) is 11.2 Å². The van der Waals surface area contributed by atoms with E-state index in [-0.39, 0.29) is 15.5 Å². The van der Waals surface area contributed by atoms with E-state index < -0.39 is 15.9 Å². The number of carbonyl (C=O) groups is 1. The fourth-order valence-electron chi connectivity index (χ4n) is 2.44. The molecule has 0 unspecified atom stereocenters. The number of carbonyl (C=O) groups excluding carboxylic acids is 1. The smallest absolute Gasteiger partial charge is 0.271 e. The van der Waals surface area contributed by atoms with Gasteiger partial charge in [-0.2, -0.15) is 5.10 Å². The number of nitrogens with one attached hydrogen (secondary N) is 1. The number of halogens is 1. The highest BCUT2D eigenvalue weighted by Crippen LogP contribution is 2.47. The predicted octanol–water partition coefficient (Wildman–Crippen LogP) is 2.47. The van der Waals surface area contributed by atoms with Crippen molar-refractivity contribution in [1.29, 1.82) is 0 Å². The van der Waals surface area contributed by atoms with Crippen LogP contribution in [0.2, 0.25) is 5.02 Å². The Kier molecular flexibility index (Phi) is 4.68. The number of benzene rings is 1. The van der Waals surface area contributed by atoms with Crippen molar-refractivity contribution in [3.63, 3.8) is 0 Å². The van der Waals surface area contributed by atoms with Crippen molar-refractivity contribution in [2.45, 2.75) is 24.2 Å². The first-order chi connectivity index (χ1) is 11.8.